The van der Waals surface area contributed by atoms with Crippen molar-refractivity contribution in [3.8, 4) is 0 Å². The molecule has 1 N–H and O–H groups in total. The van der Waals surface area contributed by atoms with Gasteiger partial charge in [0.05, 0.1) is 12.5 Å². The van der Waals surface area contributed by atoms with Gasteiger partial charge >= 0.3 is 0 Å². The minimum Gasteiger partial charge on any atom is -0.383 e. The van der Waals surface area contributed by atoms with Crippen molar-refractivity contribution in [2.45, 2.75) is 38.1 Å². The van der Waals surface area contributed by atoms with Crippen LogP contribution in [0.2, 0.25) is 0 Å². The van der Waals surface area contributed by atoms with E-state index in [2.05, 4.69) is 5.32 Å². The Bertz CT molecular complexity index is 313. The van der Waals surface area contributed by atoms with E-state index in [1.54, 1.807) is 7.11 Å². The highest BCUT2D eigenvalue weighted by Crippen LogP contribution is 2.29. The summed E-state index contributed by atoms with van der Waals surface area (Å²) in [6, 6.07) is 0.384. The predicted molar refractivity (Wildman–Crippen MR) is 67.0 cm³/mol. The van der Waals surface area contributed by atoms with Crippen LogP contribution in [0, 0.1) is 5.92 Å². The number of nitrogens with one attached hydrogen (secondary N) is 1. The first-order chi connectivity index (χ1) is 8.72. The topological polar surface area (TPSA) is 58.6 Å². The molecule has 0 aromatic rings. The van der Waals surface area contributed by atoms with Crippen LogP contribution in [0.25, 0.3) is 0 Å². The van der Waals surface area contributed by atoms with Gasteiger partial charge in [-0.25, -0.2) is 0 Å². The van der Waals surface area contributed by atoms with Crippen molar-refractivity contribution < 1.29 is 14.3 Å². The van der Waals surface area contributed by atoms with Crippen LogP contribution in [-0.4, -0.2) is 49.6 Å². The van der Waals surface area contributed by atoms with E-state index in [1.807, 2.05) is 4.90 Å². The van der Waals surface area contributed by atoms with E-state index in [1.165, 1.54) is 12.8 Å². The minimum atomic E-state index is -0.171. The van der Waals surface area contributed by atoms with Gasteiger partial charge in [-0.15, -0.1) is 0 Å². The van der Waals surface area contributed by atoms with Gasteiger partial charge in [-0.3, -0.25) is 9.59 Å². The normalized spacial score (nSPS) is 24.8. The molecule has 0 unspecified atom stereocenters. The zero-order valence-corrected chi connectivity index (χ0v) is 11.0. The van der Waals surface area contributed by atoms with Crippen molar-refractivity contribution in [1.29, 1.82) is 0 Å². The quantitative estimate of drug-likeness (QED) is 0.729. The fourth-order valence-corrected chi connectivity index (χ4v) is 2.90. The average Bonchev–Trinajstić information content (AvgIpc) is 2.97. The lowest BCUT2D eigenvalue weighted by Crippen LogP contribution is -2.37. The van der Waals surface area contributed by atoms with E-state index in [9.17, 15) is 9.59 Å². The fraction of sp³-hybridized carbons (Fsp3) is 0.846. The molecule has 0 aromatic carbocycles. The number of hydrogen-bond acceptors (Lipinski definition) is 3. The predicted octanol–water partition coefficient (Wildman–Crippen LogP) is 0.540. The Labute approximate surface area is 108 Å². The third kappa shape index (κ3) is 3.02. The third-order valence-corrected chi connectivity index (χ3v) is 3.90. The number of hydrogen-bond donors (Lipinski definition) is 1. The van der Waals surface area contributed by atoms with E-state index in [0.717, 1.165) is 12.8 Å². The molecule has 1 heterocycles. The van der Waals surface area contributed by atoms with Gasteiger partial charge in [-0.2, -0.15) is 0 Å². The largest absolute Gasteiger partial charge is 0.383 e. The highest BCUT2D eigenvalue weighted by molar-refractivity contribution is 5.89. The molecule has 102 valence electrons. The summed E-state index contributed by atoms with van der Waals surface area (Å²) < 4.78 is 4.89. The van der Waals surface area contributed by atoms with Crippen LogP contribution < -0.4 is 5.32 Å². The van der Waals surface area contributed by atoms with Crippen LogP contribution in [0.15, 0.2) is 0 Å². The Morgan fingerprint density at radius 1 is 1.44 bits per heavy atom. The summed E-state index contributed by atoms with van der Waals surface area (Å²) >= 11 is 0. The second-order valence-corrected chi connectivity index (χ2v) is 5.17. The molecule has 2 fully saturated rings. The van der Waals surface area contributed by atoms with Crippen molar-refractivity contribution in [3.63, 3.8) is 0 Å². The molecule has 18 heavy (non-hydrogen) atoms. The van der Waals surface area contributed by atoms with Crippen LogP contribution in [0.4, 0.5) is 0 Å². The van der Waals surface area contributed by atoms with E-state index < -0.39 is 0 Å². The van der Waals surface area contributed by atoms with Crippen LogP contribution in [0.1, 0.15) is 32.1 Å². The maximum absolute atomic E-state index is 11.9. The molecule has 0 spiro atoms. The van der Waals surface area contributed by atoms with Crippen molar-refractivity contribution >= 4 is 11.8 Å². The summed E-state index contributed by atoms with van der Waals surface area (Å²) in [6.45, 7) is 1.63. The first-order valence-electron chi connectivity index (χ1n) is 6.78. The van der Waals surface area contributed by atoms with Crippen molar-refractivity contribution in [1.82, 2.24) is 10.2 Å². The molecule has 1 aliphatic heterocycles. The van der Waals surface area contributed by atoms with Gasteiger partial charge in [-0.05, 0) is 12.8 Å². The van der Waals surface area contributed by atoms with Gasteiger partial charge in [0.15, 0.2) is 0 Å². The summed E-state index contributed by atoms with van der Waals surface area (Å²) in [7, 11) is 1.60. The number of carbonyl (C=O) groups is 2. The third-order valence-electron chi connectivity index (χ3n) is 3.90. The Hall–Kier alpha value is -1.10. The smallest absolute Gasteiger partial charge is 0.225 e. The molecular weight excluding hydrogens is 232 g/mol. The lowest BCUT2D eigenvalue weighted by atomic mass is 10.1. The summed E-state index contributed by atoms with van der Waals surface area (Å²) in [5.41, 5.74) is 0. The van der Waals surface area contributed by atoms with Gasteiger partial charge in [0.1, 0.15) is 0 Å². The van der Waals surface area contributed by atoms with E-state index in [0.29, 0.717) is 32.2 Å². The number of carbonyl (C=O) groups excluding carboxylic acids is 2. The zero-order valence-electron chi connectivity index (χ0n) is 11.0. The Morgan fingerprint density at radius 2 is 2.17 bits per heavy atom. The molecule has 1 aliphatic carbocycles. The maximum atomic E-state index is 11.9. The molecule has 5 nitrogen and oxygen atoms in total. The number of amides is 2. The van der Waals surface area contributed by atoms with E-state index in [4.69, 9.17) is 4.74 Å². The highest BCUT2D eigenvalue weighted by Gasteiger charge is 2.38. The van der Waals surface area contributed by atoms with Crippen LogP contribution in [0.5, 0.6) is 0 Å². The molecule has 2 aliphatic rings. The summed E-state index contributed by atoms with van der Waals surface area (Å²) in [5.74, 6) is -0.0374. The monoisotopic (exact) mass is 254 g/mol. The minimum absolute atomic E-state index is 0.0131. The number of ether oxygens (including phenoxy) is 1. The number of methoxy groups -OCH3 is 1. The SMILES string of the molecule is COCCNC(=O)[C@@H]1CC(=O)N(C2CCCC2)C1. The Morgan fingerprint density at radius 3 is 2.83 bits per heavy atom. The molecule has 0 radical (unpaired) electrons. The van der Waals surface area contributed by atoms with E-state index >= 15 is 0 Å². The van der Waals surface area contributed by atoms with Gasteiger partial charge in [-0.1, -0.05) is 12.8 Å². The standard InChI is InChI=1S/C13H22N2O3/c1-18-7-6-14-13(17)10-8-12(16)15(9-10)11-4-2-3-5-11/h10-11H,2-9H2,1H3,(H,14,17)/t10-/m1/s1. The summed E-state index contributed by atoms with van der Waals surface area (Å²) in [6.07, 6.45) is 4.99. The Kier molecular flexibility index (Phi) is 4.58. The Balaban J connectivity index is 1.81. The van der Waals surface area contributed by atoms with Gasteiger partial charge in [0.2, 0.25) is 11.8 Å². The summed E-state index contributed by atoms with van der Waals surface area (Å²) in [5, 5.41) is 2.81. The van der Waals surface area contributed by atoms with Gasteiger partial charge in [0, 0.05) is 32.7 Å². The number of nitrogens with zero attached hydrogens (tertiary/aromatic N) is 1. The van der Waals surface area contributed by atoms with Crippen LogP contribution >= 0.6 is 0 Å². The van der Waals surface area contributed by atoms with E-state index in [-0.39, 0.29) is 17.7 Å². The average molecular weight is 254 g/mol. The molecule has 0 aromatic heterocycles. The summed E-state index contributed by atoms with van der Waals surface area (Å²) in [4.78, 5) is 25.7. The van der Waals surface area contributed by atoms with Crippen molar-refractivity contribution in [2.24, 2.45) is 5.92 Å². The second kappa shape index (κ2) is 6.18. The van der Waals surface area contributed by atoms with Crippen LogP contribution in [0.3, 0.4) is 0 Å². The lowest BCUT2D eigenvalue weighted by Gasteiger charge is -2.23. The van der Waals surface area contributed by atoms with Crippen molar-refractivity contribution in [3.05, 3.63) is 0 Å². The molecule has 2 amide bonds. The van der Waals surface area contributed by atoms with Crippen molar-refractivity contribution in [2.75, 3.05) is 26.8 Å². The molecular formula is C13H22N2O3. The first-order valence-corrected chi connectivity index (χ1v) is 6.78. The maximum Gasteiger partial charge on any atom is 0.225 e. The molecule has 1 saturated carbocycles. The molecule has 1 atom stereocenters. The fourth-order valence-electron chi connectivity index (χ4n) is 2.90. The lowest BCUT2D eigenvalue weighted by molar-refractivity contribution is -0.130. The van der Waals surface area contributed by atoms with Gasteiger partial charge < -0.3 is 15.0 Å². The zero-order chi connectivity index (χ0) is 13.0. The molecule has 1 saturated heterocycles. The number of likely N-dealkylation sites (tertiary alicyclic amines) is 1. The van der Waals surface area contributed by atoms with Gasteiger partial charge in [0.25, 0.3) is 0 Å². The molecule has 2 rings (SSSR count). The molecule has 5 heteroatoms. The van der Waals surface area contributed by atoms with Crippen LogP contribution in [-0.2, 0) is 14.3 Å². The first kappa shape index (κ1) is 13.3. The highest BCUT2D eigenvalue weighted by atomic mass is 16.5. The molecule has 0 bridgehead atoms. The second-order valence-electron chi connectivity index (χ2n) is 5.17. The number of rotatable bonds is 5.